The van der Waals surface area contributed by atoms with E-state index in [1.807, 2.05) is 62.4 Å². The van der Waals surface area contributed by atoms with E-state index in [0.717, 1.165) is 12.8 Å². The number of nitrogens with one attached hydrogen (secondary N) is 1. The number of hydrogen-bond donors (Lipinski definition) is 2. The molecule has 3 heterocycles. The third-order valence-corrected chi connectivity index (χ3v) is 11.6. The summed E-state index contributed by atoms with van der Waals surface area (Å²) in [6.45, 7) is 11.5. The maximum atomic E-state index is 15.0. The number of aliphatic hydroxyl groups excluding tert-OH is 1. The second-order valence-corrected chi connectivity index (χ2v) is 15.3. The van der Waals surface area contributed by atoms with Crippen LogP contribution >= 0.6 is 15.9 Å². The minimum atomic E-state index is -1.39. The van der Waals surface area contributed by atoms with Gasteiger partial charge in [0.1, 0.15) is 17.7 Å². The summed E-state index contributed by atoms with van der Waals surface area (Å²) in [6, 6.07) is 15.2. The Morgan fingerprint density at radius 2 is 1.77 bits per heavy atom. The first kappa shape index (κ1) is 40.3. The Bertz CT molecular complexity index is 1610. The number of halogens is 1. The van der Waals surface area contributed by atoms with Gasteiger partial charge in [0.15, 0.2) is 0 Å². The van der Waals surface area contributed by atoms with Crippen molar-refractivity contribution in [3.8, 4) is 0 Å². The second-order valence-electron chi connectivity index (χ2n) is 14.2. The summed E-state index contributed by atoms with van der Waals surface area (Å²) in [5.41, 5.74) is -0.114. The number of esters is 1. The third kappa shape index (κ3) is 8.01. The topological polar surface area (TPSA) is 135 Å². The van der Waals surface area contributed by atoms with Crippen molar-refractivity contribution < 1.29 is 38.5 Å². The van der Waals surface area contributed by atoms with Crippen LogP contribution in [-0.4, -0.2) is 100 Å². The highest BCUT2D eigenvalue weighted by atomic mass is 79.9. The maximum Gasteiger partial charge on any atom is 0.313 e. The van der Waals surface area contributed by atoms with Gasteiger partial charge in [-0.2, -0.15) is 0 Å². The number of hydrogen-bond acceptors (Lipinski definition) is 8. The number of aliphatic hydroxyl groups is 1. The number of allylic oxidation sites excluding steroid dienone is 1. The molecule has 2 N–H and O–H groups in total. The molecular formula is C41H52BrN3O8. The number of carbonyl (C=O) groups is 4. The molecule has 5 rings (SSSR count). The molecule has 0 aliphatic carbocycles. The lowest BCUT2D eigenvalue weighted by Gasteiger charge is -2.41. The molecule has 2 unspecified atom stereocenters. The number of ether oxygens (including phenoxy) is 3. The Morgan fingerprint density at radius 1 is 1.11 bits per heavy atom. The first-order valence-electron chi connectivity index (χ1n) is 18.4. The molecule has 12 heteroatoms. The predicted molar refractivity (Wildman–Crippen MR) is 204 cm³/mol. The van der Waals surface area contributed by atoms with Crippen LogP contribution in [0.2, 0.25) is 0 Å². The van der Waals surface area contributed by atoms with Crippen molar-refractivity contribution in [2.24, 2.45) is 11.8 Å². The Kier molecular flexibility index (Phi) is 13.7. The Morgan fingerprint density at radius 3 is 2.36 bits per heavy atom. The van der Waals surface area contributed by atoms with E-state index in [1.165, 1.54) is 12.0 Å². The molecule has 2 bridgehead atoms. The number of carbonyl (C=O) groups excluding carboxylic acids is 4. The largest absolute Gasteiger partial charge is 0.455 e. The van der Waals surface area contributed by atoms with Crippen molar-refractivity contribution in [3.05, 3.63) is 97.1 Å². The van der Waals surface area contributed by atoms with E-state index in [9.17, 15) is 14.7 Å². The highest BCUT2D eigenvalue weighted by Crippen LogP contribution is 2.61. The van der Waals surface area contributed by atoms with E-state index in [-0.39, 0.29) is 48.7 Å². The third-order valence-electron chi connectivity index (χ3n) is 10.8. The van der Waals surface area contributed by atoms with Gasteiger partial charge in [-0.3, -0.25) is 19.2 Å². The van der Waals surface area contributed by atoms with Gasteiger partial charge in [0.05, 0.1) is 43.2 Å². The van der Waals surface area contributed by atoms with Gasteiger partial charge >= 0.3 is 5.97 Å². The maximum absolute atomic E-state index is 15.0. The molecule has 3 aliphatic heterocycles. The van der Waals surface area contributed by atoms with E-state index in [1.54, 1.807) is 29.2 Å². The molecule has 3 aliphatic rings. The van der Waals surface area contributed by atoms with E-state index in [4.69, 9.17) is 14.2 Å². The molecule has 53 heavy (non-hydrogen) atoms. The van der Waals surface area contributed by atoms with E-state index in [2.05, 4.69) is 34.4 Å². The van der Waals surface area contributed by atoms with Crippen molar-refractivity contribution >= 4 is 39.6 Å². The number of fused-ring (bicyclic) bond motifs is 1. The molecule has 1 spiro atoms. The number of benzene rings is 2. The molecule has 286 valence electrons. The van der Waals surface area contributed by atoms with Gasteiger partial charge < -0.3 is 34.4 Å². The quantitative estimate of drug-likeness (QED) is 0.115. The highest BCUT2D eigenvalue weighted by molar-refractivity contribution is 9.09. The second kappa shape index (κ2) is 18.0. The van der Waals surface area contributed by atoms with Gasteiger partial charge in [-0.15, -0.1) is 13.2 Å². The Labute approximate surface area is 320 Å². The lowest BCUT2D eigenvalue weighted by molar-refractivity contribution is -0.163. The molecule has 3 saturated heterocycles. The summed E-state index contributed by atoms with van der Waals surface area (Å²) in [5.74, 6) is -3.90. The standard InChI is InChI=1S/C41H52BrN3O8/c1-6-9-21-32(47)43-30(25-51-5)35(28-19-14-11-15-20-28)52-40(50)33-34-38(48)45(31(24-46)27-17-12-10-13-18-27)37(41(34)23-29(42)36(33)53-41)39(49)44(22-8-3)26(4)16-7-2/h6,8,10-15,17-20,26,29-31,33-37,46H,1,3,7,9,16,21-25H2,2,4-5H3,(H,43,47)/t26?,29?,30-,31-,33+,34-,35-,36+,37+,41-/m1/s1. The van der Waals surface area contributed by atoms with Crippen LogP contribution in [0.15, 0.2) is 86.0 Å². The summed E-state index contributed by atoms with van der Waals surface area (Å²) in [7, 11) is 1.50. The fraction of sp³-hybridized carbons (Fsp3) is 0.512. The molecule has 0 saturated carbocycles. The van der Waals surface area contributed by atoms with Gasteiger partial charge in [-0.25, -0.2) is 0 Å². The first-order chi connectivity index (χ1) is 25.6. The number of likely N-dealkylation sites (tertiary alicyclic amines) is 1. The smallest absolute Gasteiger partial charge is 0.313 e. The van der Waals surface area contributed by atoms with Crippen molar-refractivity contribution in [1.82, 2.24) is 15.1 Å². The van der Waals surface area contributed by atoms with Crippen LogP contribution in [0.1, 0.15) is 69.2 Å². The zero-order chi connectivity index (χ0) is 38.3. The van der Waals surface area contributed by atoms with Gasteiger partial charge in [0.25, 0.3) is 0 Å². The molecule has 0 radical (unpaired) electrons. The fourth-order valence-electron chi connectivity index (χ4n) is 8.46. The van der Waals surface area contributed by atoms with Crippen LogP contribution in [0.5, 0.6) is 0 Å². The van der Waals surface area contributed by atoms with Gasteiger partial charge in [-0.05, 0) is 37.3 Å². The minimum Gasteiger partial charge on any atom is -0.455 e. The number of nitrogens with zero attached hydrogens (tertiary/aromatic N) is 2. The molecule has 0 aromatic heterocycles. The zero-order valence-electron chi connectivity index (χ0n) is 30.8. The van der Waals surface area contributed by atoms with E-state index < -0.39 is 66.3 Å². The lowest BCUT2D eigenvalue weighted by Crippen LogP contribution is -2.58. The number of rotatable bonds is 19. The molecule has 2 aromatic rings. The van der Waals surface area contributed by atoms with E-state index >= 15 is 9.59 Å². The summed E-state index contributed by atoms with van der Waals surface area (Å²) in [4.78, 5) is 60.5. The SMILES string of the molecule is C=CCCC(=O)N[C@H](COC)[C@H](OC(=O)[C@@H]1[C@H]2O[C@@]3(CC2Br)[C@H](C(=O)N(CC=C)C(C)CCC)N([C@H](CO)c2ccccc2)C(=O)[C@@H]13)c1ccccc1. The van der Waals surface area contributed by atoms with Gasteiger partial charge in [0, 0.05) is 30.9 Å². The monoisotopic (exact) mass is 793 g/mol. The minimum absolute atomic E-state index is 0.0410. The number of amides is 3. The van der Waals surface area contributed by atoms with Crippen LogP contribution in [0.4, 0.5) is 0 Å². The summed E-state index contributed by atoms with van der Waals surface area (Å²) in [5, 5.41) is 13.9. The van der Waals surface area contributed by atoms with Crippen molar-refractivity contribution in [2.75, 3.05) is 26.9 Å². The zero-order valence-corrected chi connectivity index (χ0v) is 32.4. The molecule has 10 atom stereocenters. The summed E-state index contributed by atoms with van der Waals surface area (Å²) in [6.07, 6.45) is 4.08. The summed E-state index contributed by atoms with van der Waals surface area (Å²) >= 11 is 3.76. The van der Waals surface area contributed by atoms with Crippen LogP contribution in [0.3, 0.4) is 0 Å². The average Bonchev–Trinajstić information content (AvgIpc) is 3.76. The predicted octanol–water partition coefficient (Wildman–Crippen LogP) is 5.05. The van der Waals surface area contributed by atoms with Crippen LogP contribution in [0, 0.1) is 11.8 Å². The lowest BCUT2D eigenvalue weighted by atomic mass is 9.70. The van der Waals surface area contributed by atoms with E-state index in [0.29, 0.717) is 17.5 Å². The van der Waals surface area contributed by atoms with Crippen LogP contribution < -0.4 is 5.32 Å². The highest BCUT2D eigenvalue weighted by Gasteiger charge is 2.78. The normalized spacial score (nSPS) is 26.6. The summed E-state index contributed by atoms with van der Waals surface area (Å²) < 4.78 is 18.7. The number of methoxy groups -OCH3 is 1. The molecule has 11 nitrogen and oxygen atoms in total. The van der Waals surface area contributed by atoms with Gasteiger partial charge in [-0.1, -0.05) is 102 Å². The number of alkyl halides is 1. The Hall–Kier alpha value is -3.84. The van der Waals surface area contributed by atoms with Crippen LogP contribution in [-0.2, 0) is 33.4 Å². The molecule has 2 aromatic carbocycles. The first-order valence-corrected chi connectivity index (χ1v) is 19.4. The van der Waals surface area contributed by atoms with Crippen molar-refractivity contribution in [1.29, 1.82) is 0 Å². The fourth-order valence-corrected chi connectivity index (χ4v) is 9.41. The van der Waals surface area contributed by atoms with Gasteiger partial charge in [0.2, 0.25) is 17.7 Å². The van der Waals surface area contributed by atoms with Crippen LogP contribution in [0.25, 0.3) is 0 Å². The van der Waals surface area contributed by atoms with Crippen molar-refractivity contribution in [3.63, 3.8) is 0 Å². The molecular weight excluding hydrogens is 742 g/mol. The average molecular weight is 795 g/mol. The Balaban J connectivity index is 1.58. The molecule has 3 amide bonds. The molecule has 3 fully saturated rings. The van der Waals surface area contributed by atoms with Crippen molar-refractivity contribution in [2.45, 2.75) is 92.8 Å².